The van der Waals surface area contributed by atoms with Crippen LogP contribution in [0.25, 0.3) is 0 Å². The number of nitrogens with one attached hydrogen (secondary N) is 1. The minimum atomic E-state index is 0.753. The average molecular weight is 257 g/mol. The van der Waals surface area contributed by atoms with E-state index in [1.165, 1.54) is 25.9 Å². The van der Waals surface area contributed by atoms with Crippen LogP contribution >= 0.6 is 0 Å². The van der Waals surface area contributed by atoms with E-state index in [1.807, 2.05) is 0 Å². The molecule has 18 heavy (non-hydrogen) atoms. The maximum absolute atomic E-state index is 3.54. The Labute approximate surface area is 115 Å². The molecule has 0 aliphatic carbocycles. The van der Waals surface area contributed by atoms with Gasteiger partial charge in [0.2, 0.25) is 0 Å². The van der Waals surface area contributed by atoms with Gasteiger partial charge < -0.3 is 10.2 Å². The Morgan fingerprint density at radius 1 is 0.944 bits per heavy atom. The minimum absolute atomic E-state index is 0.753. The fourth-order valence-corrected chi connectivity index (χ4v) is 2.35. The lowest BCUT2D eigenvalue weighted by Crippen LogP contribution is -2.42. The Morgan fingerprint density at radius 3 is 1.94 bits per heavy atom. The molecule has 0 atom stereocenters. The van der Waals surface area contributed by atoms with Crippen LogP contribution in [0.1, 0.15) is 40.5 Å². The van der Waals surface area contributed by atoms with Gasteiger partial charge in [-0.15, -0.1) is 0 Å². The third-order valence-corrected chi connectivity index (χ3v) is 3.37. The summed E-state index contributed by atoms with van der Waals surface area (Å²) in [7, 11) is 4.24. The van der Waals surface area contributed by atoms with E-state index in [2.05, 4.69) is 56.9 Å². The van der Waals surface area contributed by atoms with E-state index in [0.717, 1.165) is 31.6 Å². The van der Waals surface area contributed by atoms with E-state index < -0.39 is 0 Å². The van der Waals surface area contributed by atoms with E-state index in [-0.39, 0.29) is 0 Å². The van der Waals surface area contributed by atoms with Gasteiger partial charge in [0.25, 0.3) is 0 Å². The number of nitrogens with zero attached hydrogens (tertiary/aromatic N) is 2. The molecule has 0 aliphatic heterocycles. The molecule has 0 aromatic carbocycles. The Kier molecular flexibility index (Phi) is 10.7. The number of rotatable bonds is 11. The third kappa shape index (κ3) is 8.90. The van der Waals surface area contributed by atoms with Gasteiger partial charge in [-0.05, 0) is 32.9 Å². The van der Waals surface area contributed by atoms with Gasteiger partial charge in [0.15, 0.2) is 0 Å². The van der Waals surface area contributed by atoms with Crippen molar-refractivity contribution >= 4 is 0 Å². The fraction of sp³-hybridized carbons (Fsp3) is 1.00. The Balaban J connectivity index is 3.93. The Hall–Kier alpha value is -0.120. The van der Waals surface area contributed by atoms with Crippen molar-refractivity contribution in [2.75, 3.05) is 46.8 Å². The molecule has 0 aromatic heterocycles. The van der Waals surface area contributed by atoms with E-state index >= 15 is 0 Å². The Bertz CT molecular complexity index is 177. The van der Waals surface area contributed by atoms with Crippen molar-refractivity contribution in [2.24, 2.45) is 5.92 Å². The second-order valence-electron chi connectivity index (χ2n) is 5.91. The average Bonchev–Trinajstić information content (AvgIpc) is 2.28. The molecule has 0 bridgehead atoms. The molecule has 0 amide bonds. The van der Waals surface area contributed by atoms with Gasteiger partial charge in [0.1, 0.15) is 0 Å². The van der Waals surface area contributed by atoms with Crippen LogP contribution in [0.15, 0.2) is 0 Å². The molecular formula is C15H35N3. The molecule has 0 spiro atoms. The van der Waals surface area contributed by atoms with Crippen molar-refractivity contribution in [2.45, 2.75) is 46.6 Å². The summed E-state index contributed by atoms with van der Waals surface area (Å²) in [6, 6.07) is 0.753. The monoisotopic (exact) mass is 257 g/mol. The lowest BCUT2D eigenvalue weighted by molar-refractivity contribution is 0.166. The second-order valence-corrected chi connectivity index (χ2v) is 5.91. The molecule has 3 nitrogen and oxygen atoms in total. The first-order valence-electron chi connectivity index (χ1n) is 7.60. The summed E-state index contributed by atoms with van der Waals surface area (Å²) in [5.41, 5.74) is 0. The van der Waals surface area contributed by atoms with Crippen molar-refractivity contribution in [3.05, 3.63) is 0 Å². The van der Waals surface area contributed by atoms with Crippen LogP contribution in [0.2, 0.25) is 0 Å². The summed E-state index contributed by atoms with van der Waals surface area (Å²) in [5, 5.41) is 3.54. The molecule has 3 heteroatoms. The molecule has 0 saturated heterocycles. The number of hydrogen-bond acceptors (Lipinski definition) is 3. The SMILES string of the molecule is CCC(CC)N(CCNCCN(C)C)CC(C)C. The molecule has 0 rings (SSSR count). The first-order valence-corrected chi connectivity index (χ1v) is 7.60. The number of likely N-dealkylation sites (N-methyl/N-ethyl adjacent to an activating group) is 1. The summed E-state index contributed by atoms with van der Waals surface area (Å²) in [5.74, 6) is 0.757. The molecule has 0 aromatic rings. The predicted molar refractivity (Wildman–Crippen MR) is 82.2 cm³/mol. The molecule has 0 aliphatic rings. The maximum Gasteiger partial charge on any atom is 0.0110 e. The zero-order chi connectivity index (χ0) is 14.0. The van der Waals surface area contributed by atoms with Crippen molar-refractivity contribution in [3.8, 4) is 0 Å². The Morgan fingerprint density at radius 2 is 1.50 bits per heavy atom. The van der Waals surface area contributed by atoms with Crippen molar-refractivity contribution < 1.29 is 0 Å². The van der Waals surface area contributed by atoms with Gasteiger partial charge in [-0.2, -0.15) is 0 Å². The van der Waals surface area contributed by atoms with Crippen LogP contribution in [0.5, 0.6) is 0 Å². The lowest BCUT2D eigenvalue weighted by atomic mass is 10.1. The fourth-order valence-electron chi connectivity index (χ4n) is 2.35. The normalized spacial score (nSPS) is 12.3. The van der Waals surface area contributed by atoms with Crippen molar-refractivity contribution in [3.63, 3.8) is 0 Å². The van der Waals surface area contributed by atoms with Gasteiger partial charge >= 0.3 is 0 Å². The van der Waals surface area contributed by atoms with Crippen LogP contribution in [0.3, 0.4) is 0 Å². The predicted octanol–water partition coefficient (Wildman–Crippen LogP) is 2.28. The van der Waals surface area contributed by atoms with Crippen LogP contribution in [-0.2, 0) is 0 Å². The first-order chi connectivity index (χ1) is 8.51. The van der Waals surface area contributed by atoms with Gasteiger partial charge in [-0.1, -0.05) is 27.7 Å². The summed E-state index contributed by atoms with van der Waals surface area (Å²) >= 11 is 0. The highest BCUT2D eigenvalue weighted by Gasteiger charge is 2.15. The van der Waals surface area contributed by atoms with E-state index in [9.17, 15) is 0 Å². The molecule has 1 N–H and O–H groups in total. The van der Waals surface area contributed by atoms with E-state index in [1.54, 1.807) is 0 Å². The zero-order valence-corrected chi connectivity index (χ0v) is 13.5. The molecule has 110 valence electrons. The molecule has 0 heterocycles. The van der Waals surface area contributed by atoms with Crippen LogP contribution < -0.4 is 5.32 Å². The van der Waals surface area contributed by atoms with Gasteiger partial charge in [-0.25, -0.2) is 0 Å². The molecule has 0 fully saturated rings. The van der Waals surface area contributed by atoms with Gasteiger partial charge in [-0.3, -0.25) is 4.90 Å². The topological polar surface area (TPSA) is 18.5 Å². The highest BCUT2D eigenvalue weighted by Crippen LogP contribution is 2.10. The second kappa shape index (κ2) is 10.8. The summed E-state index contributed by atoms with van der Waals surface area (Å²) < 4.78 is 0. The highest BCUT2D eigenvalue weighted by molar-refractivity contribution is 4.71. The molecule has 0 unspecified atom stereocenters. The molecular weight excluding hydrogens is 222 g/mol. The zero-order valence-electron chi connectivity index (χ0n) is 13.5. The summed E-state index contributed by atoms with van der Waals surface area (Å²) in [6.45, 7) is 15.0. The third-order valence-electron chi connectivity index (χ3n) is 3.37. The summed E-state index contributed by atoms with van der Waals surface area (Å²) in [6.07, 6.45) is 2.53. The summed E-state index contributed by atoms with van der Waals surface area (Å²) in [4.78, 5) is 4.88. The van der Waals surface area contributed by atoms with Crippen molar-refractivity contribution in [1.82, 2.24) is 15.1 Å². The first kappa shape index (κ1) is 17.9. The van der Waals surface area contributed by atoms with Crippen LogP contribution in [0.4, 0.5) is 0 Å². The van der Waals surface area contributed by atoms with Crippen LogP contribution in [0, 0.1) is 5.92 Å². The standard InChI is InChI=1S/C15H35N3/c1-7-15(8-2)18(13-14(3)4)12-10-16-9-11-17(5)6/h14-16H,7-13H2,1-6H3. The largest absolute Gasteiger partial charge is 0.314 e. The molecule has 0 saturated carbocycles. The van der Waals surface area contributed by atoms with E-state index in [0.29, 0.717) is 0 Å². The maximum atomic E-state index is 3.54. The smallest absolute Gasteiger partial charge is 0.0110 e. The van der Waals surface area contributed by atoms with Gasteiger partial charge in [0.05, 0.1) is 0 Å². The lowest BCUT2D eigenvalue weighted by Gasteiger charge is -2.32. The quantitative estimate of drug-likeness (QED) is 0.573. The minimum Gasteiger partial charge on any atom is -0.314 e. The van der Waals surface area contributed by atoms with Gasteiger partial charge in [0, 0.05) is 38.8 Å². The van der Waals surface area contributed by atoms with Crippen molar-refractivity contribution in [1.29, 1.82) is 0 Å². The highest BCUT2D eigenvalue weighted by atomic mass is 15.2. The number of hydrogen-bond donors (Lipinski definition) is 1. The van der Waals surface area contributed by atoms with Crippen LogP contribution in [-0.4, -0.2) is 62.7 Å². The van der Waals surface area contributed by atoms with E-state index in [4.69, 9.17) is 0 Å². The molecule has 0 radical (unpaired) electrons.